The molecule has 0 aliphatic heterocycles. The number of allylic oxidation sites excluding steroid dienone is 1. The number of carbonyl (C=O) groups is 1. The van der Waals surface area contributed by atoms with Gasteiger partial charge in [0.1, 0.15) is 0 Å². The van der Waals surface area contributed by atoms with E-state index in [0.29, 0.717) is 0 Å². The molecule has 0 saturated carbocycles. The highest BCUT2D eigenvalue weighted by Crippen LogP contribution is 2.25. The van der Waals surface area contributed by atoms with Gasteiger partial charge in [-0.2, -0.15) is 0 Å². The molecule has 2 aromatic rings. The summed E-state index contributed by atoms with van der Waals surface area (Å²) in [5.74, 6) is -0.0999. The summed E-state index contributed by atoms with van der Waals surface area (Å²) in [6, 6.07) is 17.0. The van der Waals surface area contributed by atoms with Crippen molar-refractivity contribution in [1.82, 2.24) is 0 Å². The van der Waals surface area contributed by atoms with Crippen LogP contribution in [-0.4, -0.2) is 10.9 Å². The van der Waals surface area contributed by atoms with Crippen LogP contribution in [0.4, 0.5) is 0 Å². The Morgan fingerprint density at radius 2 is 1.75 bits per heavy atom. The second kappa shape index (κ2) is 7.17. The van der Waals surface area contributed by atoms with Crippen LogP contribution in [0, 0.1) is 0 Å². The van der Waals surface area contributed by atoms with Gasteiger partial charge in [-0.15, -0.1) is 0 Å². The van der Waals surface area contributed by atoms with E-state index >= 15 is 0 Å². The van der Waals surface area contributed by atoms with Crippen molar-refractivity contribution in [1.29, 1.82) is 0 Å². The molecule has 1 atom stereocenters. The number of aliphatic hydroxyl groups is 1. The first-order chi connectivity index (χ1) is 9.66. The molecular weight excluding hydrogens is 316 g/mol. The first-order valence-corrected chi connectivity index (χ1v) is 7.14. The normalized spacial score (nSPS) is 12.5. The Morgan fingerprint density at radius 1 is 1.10 bits per heavy atom. The van der Waals surface area contributed by atoms with Crippen molar-refractivity contribution in [2.45, 2.75) is 12.5 Å². The summed E-state index contributed by atoms with van der Waals surface area (Å²) in [4.78, 5) is 11.8. The van der Waals surface area contributed by atoms with E-state index in [9.17, 15) is 9.90 Å². The number of hydrogen-bond acceptors (Lipinski definition) is 2. The number of rotatable bonds is 5. The molecule has 1 N–H and O–H groups in total. The third-order valence-corrected chi connectivity index (χ3v) is 3.64. The minimum atomic E-state index is -0.793. The summed E-state index contributed by atoms with van der Waals surface area (Å²) in [6.45, 7) is 0. The zero-order valence-corrected chi connectivity index (χ0v) is 12.5. The Balaban J connectivity index is 1.98. The molecule has 0 radical (unpaired) electrons. The Hall–Kier alpha value is -1.71. The zero-order valence-electron chi connectivity index (χ0n) is 10.9. The fourth-order valence-corrected chi connectivity index (χ4v) is 2.42. The van der Waals surface area contributed by atoms with Gasteiger partial charge in [-0.25, -0.2) is 0 Å². The Labute approximate surface area is 126 Å². The van der Waals surface area contributed by atoms with Gasteiger partial charge in [0, 0.05) is 10.9 Å². The number of aliphatic hydroxyl groups excluding tert-OH is 1. The second-order valence-electron chi connectivity index (χ2n) is 4.45. The van der Waals surface area contributed by atoms with E-state index < -0.39 is 6.10 Å². The highest BCUT2D eigenvalue weighted by atomic mass is 79.9. The van der Waals surface area contributed by atoms with E-state index in [1.807, 2.05) is 54.6 Å². The maximum atomic E-state index is 11.8. The molecule has 2 aromatic carbocycles. The molecular formula is C17H15BrO2. The van der Waals surface area contributed by atoms with Gasteiger partial charge in [0.2, 0.25) is 0 Å². The molecule has 20 heavy (non-hydrogen) atoms. The molecule has 102 valence electrons. The molecule has 0 aliphatic carbocycles. The first kappa shape index (κ1) is 14.7. The van der Waals surface area contributed by atoms with Gasteiger partial charge < -0.3 is 5.11 Å². The fraction of sp³-hybridized carbons (Fsp3) is 0.118. The van der Waals surface area contributed by atoms with Crippen molar-refractivity contribution < 1.29 is 9.90 Å². The number of hydrogen-bond donors (Lipinski definition) is 1. The third kappa shape index (κ3) is 4.15. The van der Waals surface area contributed by atoms with E-state index in [4.69, 9.17) is 0 Å². The van der Waals surface area contributed by atoms with Gasteiger partial charge in [0.25, 0.3) is 0 Å². The lowest BCUT2D eigenvalue weighted by Crippen LogP contribution is -2.04. The molecule has 0 unspecified atom stereocenters. The van der Waals surface area contributed by atoms with Crippen LogP contribution in [0.1, 0.15) is 23.7 Å². The topological polar surface area (TPSA) is 37.3 Å². The van der Waals surface area contributed by atoms with Crippen molar-refractivity contribution in [3.63, 3.8) is 0 Å². The number of benzene rings is 2. The molecule has 0 spiro atoms. The van der Waals surface area contributed by atoms with Crippen LogP contribution in [0.25, 0.3) is 6.08 Å². The lowest BCUT2D eigenvalue weighted by Gasteiger charge is -2.10. The Bertz CT molecular complexity index is 605. The van der Waals surface area contributed by atoms with Crippen LogP contribution >= 0.6 is 15.9 Å². The molecule has 0 fully saturated rings. The van der Waals surface area contributed by atoms with Crippen molar-refractivity contribution in [3.05, 3.63) is 76.3 Å². The summed E-state index contributed by atoms with van der Waals surface area (Å²) in [5.41, 5.74) is 1.70. The number of ketones is 1. The molecule has 0 aliphatic rings. The summed E-state index contributed by atoms with van der Waals surface area (Å²) in [5, 5.41) is 10.1. The molecule has 2 nitrogen and oxygen atoms in total. The summed E-state index contributed by atoms with van der Waals surface area (Å²) in [7, 11) is 0. The van der Waals surface area contributed by atoms with E-state index in [-0.39, 0.29) is 12.2 Å². The van der Waals surface area contributed by atoms with E-state index in [1.165, 1.54) is 6.08 Å². The SMILES string of the molecule is O=C(/C=C/c1ccccc1)C[C@@H](O)c1ccccc1Br. The van der Waals surface area contributed by atoms with Crippen LogP contribution in [0.5, 0.6) is 0 Å². The zero-order chi connectivity index (χ0) is 14.4. The quantitative estimate of drug-likeness (QED) is 0.836. The fourth-order valence-electron chi connectivity index (χ4n) is 1.87. The van der Waals surface area contributed by atoms with Crippen LogP contribution in [0.15, 0.2) is 65.1 Å². The minimum Gasteiger partial charge on any atom is -0.388 e. The summed E-state index contributed by atoms with van der Waals surface area (Å²) in [6.07, 6.45) is 2.55. The van der Waals surface area contributed by atoms with Crippen LogP contribution in [0.3, 0.4) is 0 Å². The van der Waals surface area contributed by atoms with Crippen LogP contribution < -0.4 is 0 Å². The molecule has 3 heteroatoms. The van der Waals surface area contributed by atoms with Gasteiger partial charge in [-0.05, 0) is 23.3 Å². The summed E-state index contributed by atoms with van der Waals surface area (Å²) >= 11 is 3.37. The third-order valence-electron chi connectivity index (χ3n) is 2.92. The van der Waals surface area contributed by atoms with Gasteiger partial charge in [-0.1, -0.05) is 70.5 Å². The predicted octanol–water partition coefficient (Wildman–Crippen LogP) is 4.16. The van der Waals surface area contributed by atoms with Crippen molar-refractivity contribution >= 4 is 27.8 Å². The molecule has 0 amide bonds. The van der Waals surface area contributed by atoms with Crippen LogP contribution in [-0.2, 0) is 4.79 Å². The standard InChI is InChI=1S/C17H15BrO2/c18-16-9-5-4-8-15(16)17(20)12-14(19)11-10-13-6-2-1-3-7-13/h1-11,17,20H,12H2/b11-10+/t17-/m1/s1. The lowest BCUT2D eigenvalue weighted by molar-refractivity contribution is -0.116. The monoisotopic (exact) mass is 330 g/mol. The van der Waals surface area contributed by atoms with E-state index in [2.05, 4.69) is 15.9 Å². The summed E-state index contributed by atoms with van der Waals surface area (Å²) < 4.78 is 0.812. The molecule has 0 bridgehead atoms. The number of carbonyl (C=O) groups excluding carboxylic acids is 1. The van der Waals surface area contributed by atoms with Crippen LogP contribution in [0.2, 0.25) is 0 Å². The average Bonchev–Trinajstić information content (AvgIpc) is 2.46. The van der Waals surface area contributed by atoms with Gasteiger partial charge in [0.15, 0.2) is 5.78 Å². The Kier molecular flexibility index (Phi) is 5.27. The maximum Gasteiger partial charge on any atom is 0.158 e. The molecule has 0 saturated heterocycles. The van der Waals surface area contributed by atoms with Crippen molar-refractivity contribution in [2.24, 2.45) is 0 Å². The Morgan fingerprint density at radius 3 is 2.45 bits per heavy atom. The molecule has 2 rings (SSSR count). The predicted molar refractivity (Wildman–Crippen MR) is 84.2 cm³/mol. The highest BCUT2D eigenvalue weighted by Gasteiger charge is 2.13. The molecule has 0 aromatic heterocycles. The maximum absolute atomic E-state index is 11.8. The minimum absolute atomic E-state index is 0.0753. The molecule has 0 heterocycles. The largest absolute Gasteiger partial charge is 0.388 e. The van der Waals surface area contributed by atoms with E-state index in [1.54, 1.807) is 6.08 Å². The number of halogens is 1. The smallest absolute Gasteiger partial charge is 0.158 e. The van der Waals surface area contributed by atoms with E-state index in [0.717, 1.165) is 15.6 Å². The second-order valence-corrected chi connectivity index (χ2v) is 5.31. The van der Waals surface area contributed by atoms with Gasteiger partial charge in [-0.3, -0.25) is 4.79 Å². The average molecular weight is 331 g/mol. The first-order valence-electron chi connectivity index (χ1n) is 6.35. The van der Waals surface area contributed by atoms with Gasteiger partial charge in [0.05, 0.1) is 6.10 Å². The van der Waals surface area contributed by atoms with Gasteiger partial charge >= 0.3 is 0 Å². The lowest BCUT2D eigenvalue weighted by atomic mass is 10.0. The van der Waals surface area contributed by atoms with Crippen molar-refractivity contribution in [3.8, 4) is 0 Å². The van der Waals surface area contributed by atoms with Crippen molar-refractivity contribution in [2.75, 3.05) is 0 Å². The highest BCUT2D eigenvalue weighted by molar-refractivity contribution is 9.10.